The average molecular weight is 259 g/mol. The van der Waals surface area contributed by atoms with Crippen molar-refractivity contribution < 1.29 is 24.2 Å². The predicted molar refractivity (Wildman–Crippen MR) is 61.0 cm³/mol. The van der Waals surface area contributed by atoms with Gasteiger partial charge in [-0.1, -0.05) is 0 Å². The number of amides is 3. The molecule has 8 heteroatoms. The first-order valence-corrected chi connectivity index (χ1v) is 5.56. The third-order valence-corrected chi connectivity index (χ3v) is 2.65. The van der Waals surface area contributed by atoms with Crippen LogP contribution in [0.4, 0.5) is 4.79 Å². The van der Waals surface area contributed by atoms with Gasteiger partial charge in [-0.25, -0.2) is 4.79 Å². The minimum Gasteiger partial charge on any atom is -0.480 e. The van der Waals surface area contributed by atoms with E-state index < -0.39 is 24.1 Å². The minimum atomic E-state index is -1.13. The van der Waals surface area contributed by atoms with Gasteiger partial charge in [0.1, 0.15) is 12.1 Å². The SMILES string of the molecule is CNC(=O)C1COCCN1C(=O)N[C@H](C)C(=O)O. The molecule has 0 aromatic carbocycles. The van der Waals surface area contributed by atoms with E-state index in [0.29, 0.717) is 6.61 Å². The van der Waals surface area contributed by atoms with E-state index in [0.717, 1.165) is 0 Å². The number of carbonyl (C=O) groups is 3. The average Bonchev–Trinajstić information content (AvgIpc) is 2.37. The van der Waals surface area contributed by atoms with Crippen molar-refractivity contribution >= 4 is 17.9 Å². The fourth-order valence-electron chi connectivity index (χ4n) is 1.56. The van der Waals surface area contributed by atoms with Crippen molar-refractivity contribution in [3.05, 3.63) is 0 Å². The quantitative estimate of drug-likeness (QED) is 0.578. The Labute approximate surface area is 104 Å². The van der Waals surface area contributed by atoms with E-state index in [1.807, 2.05) is 0 Å². The molecule has 1 aliphatic heterocycles. The third kappa shape index (κ3) is 3.33. The van der Waals surface area contributed by atoms with Gasteiger partial charge in [-0.2, -0.15) is 0 Å². The number of carboxylic acid groups (broad SMARTS) is 1. The summed E-state index contributed by atoms with van der Waals surface area (Å²) in [5.41, 5.74) is 0. The Morgan fingerprint density at radius 1 is 1.44 bits per heavy atom. The minimum absolute atomic E-state index is 0.106. The van der Waals surface area contributed by atoms with Crippen LogP contribution in [-0.2, 0) is 14.3 Å². The van der Waals surface area contributed by atoms with E-state index in [4.69, 9.17) is 9.84 Å². The molecule has 1 fully saturated rings. The van der Waals surface area contributed by atoms with E-state index in [9.17, 15) is 14.4 Å². The maximum absolute atomic E-state index is 11.9. The molecule has 102 valence electrons. The monoisotopic (exact) mass is 259 g/mol. The topological polar surface area (TPSA) is 108 Å². The summed E-state index contributed by atoms with van der Waals surface area (Å²) in [4.78, 5) is 35.4. The van der Waals surface area contributed by atoms with Crippen molar-refractivity contribution in [2.75, 3.05) is 26.8 Å². The number of hydrogen-bond acceptors (Lipinski definition) is 4. The Balaban J connectivity index is 2.68. The summed E-state index contributed by atoms with van der Waals surface area (Å²) in [5, 5.41) is 13.5. The summed E-state index contributed by atoms with van der Waals surface area (Å²) >= 11 is 0. The van der Waals surface area contributed by atoms with Gasteiger partial charge < -0.3 is 25.4 Å². The maximum Gasteiger partial charge on any atom is 0.325 e. The molecule has 2 atom stereocenters. The molecule has 0 aromatic rings. The molecule has 18 heavy (non-hydrogen) atoms. The van der Waals surface area contributed by atoms with Gasteiger partial charge in [-0.05, 0) is 6.92 Å². The zero-order valence-corrected chi connectivity index (χ0v) is 10.3. The number of likely N-dealkylation sites (N-methyl/N-ethyl adjacent to an activating group) is 1. The fourth-order valence-corrected chi connectivity index (χ4v) is 1.56. The lowest BCUT2D eigenvalue weighted by molar-refractivity contribution is -0.138. The zero-order valence-electron chi connectivity index (χ0n) is 10.3. The van der Waals surface area contributed by atoms with Crippen LogP contribution >= 0.6 is 0 Å². The highest BCUT2D eigenvalue weighted by atomic mass is 16.5. The lowest BCUT2D eigenvalue weighted by atomic mass is 10.2. The number of carbonyl (C=O) groups excluding carboxylic acids is 2. The fraction of sp³-hybridized carbons (Fsp3) is 0.700. The summed E-state index contributed by atoms with van der Waals surface area (Å²) in [6, 6.07) is -2.32. The first kappa shape index (κ1) is 14.2. The molecule has 3 N–H and O–H groups in total. The van der Waals surface area contributed by atoms with Crippen LogP contribution in [0.25, 0.3) is 0 Å². The molecular weight excluding hydrogens is 242 g/mol. The molecule has 1 heterocycles. The number of rotatable bonds is 3. The Morgan fingerprint density at radius 3 is 2.67 bits per heavy atom. The number of nitrogens with zero attached hydrogens (tertiary/aromatic N) is 1. The smallest absolute Gasteiger partial charge is 0.325 e. The Kier molecular flexibility index (Phi) is 4.90. The van der Waals surface area contributed by atoms with Crippen LogP contribution in [0.15, 0.2) is 0 Å². The van der Waals surface area contributed by atoms with E-state index in [1.54, 1.807) is 0 Å². The number of morpholine rings is 1. The standard InChI is InChI=1S/C10H17N3O5/c1-6(9(15)16)12-10(17)13-3-4-18-5-7(13)8(14)11-2/h6-7H,3-5H2,1-2H3,(H,11,14)(H,12,17)(H,15,16)/t6-,7?/m1/s1. The first-order chi connectivity index (χ1) is 8.47. The molecule has 0 aromatic heterocycles. The van der Waals surface area contributed by atoms with Crippen molar-refractivity contribution in [1.29, 1.82) is 0 Å². The number of urea groups is 1. The number of nitrogens with one attached hydrogen (secondary N) is 2. The van der Waals surface area contributed by atoms with Gasteiger partial charge in [-0.3, -0.25) is 9.59 Å². The van der Waals surface area contributed by atoms with Crippen LogP contribution in [0.1, 0.15) is 6.92 Å². The van der Waals surface area contributed by atoms with E-state index in [1.165, 1.54) is 18.9 Å². The van der Waals surface area contributed by atoms with Crippen LogP contribution < -0.4 is 10.6 Å². The largest absolute Gasteiger partial charge is 0.480 e. The molecule has 1 rings (SSSR count). The number of ether oxygens (including phenoxy) is 1. The van der Waals surface area contributed by atoms with E-state index in [-0.39, 0.29) is 19.1 Å². The van der Waals surface area contributed by atoms with Gasteiger partial charge in [-0.15, -0.1) is 0 Å². The molecule has 0 radical (unpaired) electrons. The molecule has 1 unspecified atom stereocenters. The molecule has 0 spiro atoms. The molecule has 3 amide bonds. The molecule has 0 saturated carbocycles. The van der Waals surface area contributed by atoms with Crippen LogP contribution in [0.5, 0.6) is 0 Å². The van der Waals surface area contributed by atoms with Crippen molar-refractivity contribution in [3.63, 3.8) is 0 Å². The van der Waals surface area contributed by atoms with Crippen molar-refractivity contribution in [1.82, 2.24) is 15.5 Å². The van der Waals surface area contributed by atoms with Gasteiger partial charge in [0.25, 0.3) is 0 Å². The Bertz CT molecular complexity index is 346. The first-order valence-electron chi connectivity index (χ1n) is 5.56. The Hall–Kier alpha value is -1.83. The van der Waals surface area contributed by atoms with Crippen LogP contribution in [0.2, 0.25) is 0 Å². The lowest BCUT2D eigenvalue weighted by Gasteiger charge is -2.34. The summed E-state index contributed by atoms with van der Waals surface area (Å²) in [6.07, 6.45) is 0. The van der Waals surface area contributed by atoms with Gasteiger partial charge in [0.2, 0.25) is 5.91 Å². The van der Waals surface area contributed by atoms with Crippen molar-refractivity contribution in [2.24, 2.45) is 0 Å². The molecule has 0 bridgehead atoms. The number of aliphatic carboxylic acids is 1. The lowest BCUT2D eigenvalue weighted by Crippen LogP contribution is -2.59. The second-order valence-corrected chi connectivity index (χ2v) is 3.91. The summed E-state index contributed by atoms with van der Waals surface area (Å²) in [5.74, 6) is -1.47. The maximum atomic E-state index is 11.9. The molecule has 1 aliphatic rings. The van der Waals surface area contributed by atoms with Gasteiger partial charge in [0, 0.05) is 13.6 Å². The summed E-state index contributed by atoms with van der Waals surface area (Å²) < 4.78 is 5.14. The molecule has 1 saturated heterocycles. The molecule has 8 nitrogen and oxygen atoms in total. The van der Waals surface area contributed by atoms with Crippen LogP contribution in [-0.4, -0.2) is 66.8 Å². The Morgan fingerprint density at radius 2 is 2.11 bits per heavy atom. The number of hydrogen-bond donors (Lipinski definition) is 3. The zero-order chi connectivity index (χ0) is 13.7. The van der Waals surface area contributed by atoms with Gasteiger partial charge in [0.05, 0.1) is 13.2 Å². The van der Waals surface area contributed by atoms with Crippen LogP contribution in [0.3, 0.4) is 0 Å². The normalized spacial score (nSPS) is 21.0. The summed E-state index contributed by atoms with van der Waals surface area (Å²) in [6.45, 7) is 2.03. The molecule has 0 aliphatic carbocycles. The number of carboxylic acids is 1. The highest BCUT2D eigenvalue weighted by Gasteiger charge is 2.33. The van der Waals surface area contributed by atoms with E-state index in [2.05, 4.69) is 10.6 Å². The predicted octanol–water partition coefficient (Wildman–Crippen LogP) is -1.38. The highest BCUT2D eigenvalue weighted by molar-refractivity contribution is 5.88. The third-order valence-electron chi connectivity index (χ3n) is 2.65. The van der Waals surface area contributed by atoms with Crippen molar-refractivity contribution in [3.8, 4) is 0 Å². The van der Waals surface area contributed by atoms with Gasteiger partial charge >= 0.3 is 12.0 Å². The van der Waals surface area contributed by atoms with Gasteiger partial charge in [0.15, 0.2) is 0 Å². The highest BCUT2D eigenvalue weighted by Crippen LogP contribution is 2.07. The second-order valence-electron chi connectivity index (χ2n) is 3.91. The second kappa shape index (κ2) is 6.20. The van der Waals surface area contributed by atoms with E-state index >= 15 is 0 Å². The van der Waals surface area contributed by atoms with Crippen LogP contribution in [0, 0.1) is 0 Å². The molecular formula is C10H17N3O5. The van der Waals surface area contributed by atoms with Crippen molar-refractivity contribution in [2.45, 2.75) is 19.0 Å². The summed E-state index contributed by atoms with van der Waals surface area (Å²) in [7, 11) is 1.47.